The molecule has 10 rings (SSSR count). The van der Waals surface area contributed by atoms with Crippen LogP contribution in [-0.2, 0) is 10.8 Å². The Kier molecular flexibility index (Phi) is 6.67. The Morgan fingerprint density at radius 2 is 0.596 bits per heavy atom. The van der Waals surface area contributed by atoms with Crippen molar-refractivity contribution in [2.24, 2.45) is 0 Å². The fourth-order valence-electron chi connectivity index (χ4n) is 9.24. The average Bonchev–Trinajstić information content (AvgIpc) is 3.56. The molecule has 0 unspecified atom stereocenters. The van der Waals surface area contributed by atoms with Gasteiger partial charge in [0.1, 0.15) is 0 Å². The van der Waals surface area contributed by atoms with Crippen LogP contribution in [-0.4, -0.2) is 0 Å². The van der Waals surface area contributed by atoms with E-state index in [0.29, 0.717) is 0 Å². The molecule has 8 aromatic carbocycles. The zero-order chi connectivity index (χ0) is 35.2. The van der Waals surface area contributed by atoms with Gasteiger partial charge in [-0.3, -0.25) is 0 Å². The lowest BCUT2D eigenvalue weighted by molar-refractivity contribution is 0.659. The van der Waals surface area contributed by atoms with Gasteiger partial charge in [-0.2, -0.15) is 0 Å². The SMILES string of the molecule is CC1(C)c2ccccc2-c2ccc(-c3ccc4c(c3)C(C)(C)c3cc(-c5ccc(-c6ccc(-c7ccccc7)c7ccccc67)cc5)ccc3-4)cc21. The van der Waals surface area contributed by atoms with Gasteiger partial charge in [0.15, 0.2) is 0 Å². The molecule has 0 heteroatoms. The normalized spacial score (nSPS) is 14.5. The number of hydrogen-bond donors (Lipinski definition) is 0. The number of rotatable bonds is 4. The first-order chi connectivity index (χ1) is 25.3. The minimum absolute atomic E-state index is 0.0104. The van der Waals surface area contributed by atoms with Crippen LogP contribution in [0.5, 0.6) is 0 Å². The average molecular weight is 665 g/mol. The van der Waals surface area contributed by atoms with E-state index in [1.807, 2.05) is 0 Å². The van der Waals surface area contributed by atoms with Gasteiger partial charge < -0.3 is 0 Å². The van der Waals surface area contributed by atoms with Crippen molar-refractivity contribution in [2.75, 3.05) is 0 Å². The summed E-state index contributed by atoms with van der Waals surface area (Å²) in [7, 11) is 0. The molecule has 0 heterocycles. The third-order valence-electron chi connectivity index (χ3n) is 12.1. The smallest absolute Gasteiger partial charge is 0.0159 e. The lowest BCUT2D eigenvalue weighted by Gasteiger charge is -2.23. The first-order valence-electron chi connectivity index (χ1n) is 18.5. The molecule has 0 fully saturated rings. The van der Waals surface area contributed by atoms with E-state index in [1.165, 1.54) is 99.8 Å². The molecule has 0 atom stereocenters. The zero-order valence-corrected chi connectivity index (χ0v) is 30.2. The second kappa shape index (κ2) is 11.3. The zero-order valence-electron chi connectivity index (χ0n) is 30.2. The Morgan fingerprint density at radius 1 is 0.250 bits per heavy atom. The van der Waals surface area contributed by atoms with Gasteiger partial charge in [0.25, 0.3) is 0 Å². The molecule has 0 radical (unpaired) electrons. The molecule has 0 saturated carbocycles. The standard InChI is InChI=1S/C52H40/c1-51(2)47-17-11-10-16-43(47)44-26-23-37(31-48(44)51)38-24-27-46-45-25-22-36(30-49(45)52(3,4)50(46)32-38)33-18-20-35(21-19-33)40-29-28-39(34-12-6-5-7-13-34)41-14-8-9-15-42(40)41/h5-32H,1-4H3. The van der Waals surface area contributed by atoms with Gasteiger partial charge in [-0.1, -0.05) is 179 Å². The Labute approximate surface area is 307 Å². The topological polar surface area (TPSA) is 0 Å². The van der Waals surface area contributed by atoms with Crippen molar-refractivity contribution in [3.63, 3.8) is 0 Å². The molecule has 248 valence electrons. The maximum absolute atomic E-state index is 2.45. The van der Waals surface area contributed by atoms with E-state index in [2.05, 4.69) is 198 Å². The van der Waals surface area contributed by atoms with E-state index in [9.17, 15) is 0 Å². The summed E-state index contributed by atoms with van der Waals surface area (Å²) in [6.45, 7) is 9.50. The Morgan fingerprint density at radius 3 is 1.13 bits per heavy atom. The molecular formula is C52H40. The highest BCUT2D eigenvalue weighted by atomic mass is 14.4. The summed E-state index contributed by atoms with van der Waals surface area (Å²) >= 11 is 0. The summed E-state index contributed by atoms with van der Waals surface area (Å²) in [5.41, 5.74) is 21.1. The lowest BCUT2D eigenvalue weighted by atomic mass is 9.80. The van der Waals surface area contributed by atoms with Crippen LogP contribution in [0.25, 0.3) is 77.5 Å². The van der Waals surface area contributed by atoms with Crippen LogP contribution in [0.4, 0.5) is 0 Å². The van der Waals surface area contributed by atoms with Crippen LogP contribution in [0.2, 0.25) is 0 Å². The van der Waals surface area contributed by atoms with E-state index in [-0.39, 0.29) is 10.8 Å². The molecule has 0 bridgehead atoms. The molecule has 0 spiro atoms. The van der Waals surface area contributed by atoms with Gasteiger partial charge in [0.05, 0.1) is 0 Å². The summed E-state index contributed by atoms with van der Waals surface area (Å²) < 4.78 is 0. The van der Waals surface area contributed by atoms with Crippen molar-refractivity contribution in [3.05, 3.63) is 192 Å². The van der Waals surface area contributed by atoms with E-state index < -0.39 is 0 Å². The van der Waals surface area contributed by atoms with Crippen LogP contribution in [0.1, 0.15) is 49.9 Å². The quantitative estimate of drug-likeness (QED) is 0.176. The number of hydrogen-bond acceptors (Lipinski definition) is 0. The molecule has 0 N–H and O–H groups in total. The van der Waals surface area contributed by atoms with E-state index in [4.69, 9.17) is 0 Å². The summed E-state index contributed by atoms with van der Waals surface area (Å²) in [6.07, 6.45) is 0. The fraction of sp³-hybridized carbons (Fsp3) is 0.115. The molecule has 8 aromatic rings. The molecule has 2 aliphatic carbocycles. The van der Waals surface area contributed by atoms with Crippen LogP contribution >= 0.6 is 0 Å². The molecule has 52 heavy (non-hydrogen) atoms. The van der Waals surface area contributed by atoms with Gasteiger partial charge >= 0.3 is 0 Å². The van der Waals surface area contributed by atoms with Crippen molar-refractivity contribution in [3.8, 4) is 66.8 Å². The molecule has 0 amide bonds. The van der Waals surface area contributed by atoms with Crippen LogP contribution in [0.3, 0.4) is 0 Å². The summed E-state index contributed by atoms with van der Waals surface area (Å²) in [5.74, 6) is 0. The molecular weight excluding hydrogens is 625 g/mol. The molecule has 0 aliphatic heterocycles. The van der Waals surface area contributed by atoms with E-state index in [0.717, 1.165) is 0 Å². The number of fused-ring (bicyclic) bond motifs is 7. The van der Waals surface area contributed by atoms with Gasteiger partial charge in [-0.05, 0) is 118 Å². The Bertz CT molecular complexity index is 2700. The second-order valence-corrected chi connectivity index (χ2v) is 15.7. The predicted octanol–water partition coefficient (Wildman–Crippen LogP) is 14.1. The largest absolute Gasteiger partial charge is 0.0622 e. The Hall–Kier alpha value is -5.98. The van der Waals surface area contributed by atoms with Crippen LogP contribution < -0.4 is 0 Å². The highest BCUT2D eigenvalue weighted by molar-refractivity contribution is 6.05. The number of benzene rings is 8. The third-order valence-corrected chi connectivity index (χ3v) is 12.1. The van der Waals surface area contributed by atoms with Gasteiger partial charge in [0.2, 0.25) is 0 Å². The lowest BCUT2D eigenvalue weighted by Crippen LogP contribution is -2.15. The fourth-order valence-corrected chi connectivity index (χ4v) is 9.24. The molecule has 0 aromatic heterocycles. The van der Waals surface area contributed by atoms with Gasteiger partial charge in [-0.25, -0.2) is 0 Å². The highest BCUT2D eigenvalue weighted by Gasteiger charge is 2.37. The predicted molar refractivity (Wildman–Crippen MR) is 221 cm³/mol. The minimum atomic E-state index is -0.109. The van der Waals surface area contributed by atoms with Crippen molar-refractivity contribution >= 4 is 10.8 Å². The summed E-state index contributed by atoms with van der Waals surface area (Å²) in [5, 5.41) is 2.56. The van der Waals surface area contributed by atoms with Gasteiger partial charge in [-0.15, -0.1) is 0 Å². The van der Waals surface area contributed by atoms with Gasteiger partial charge in [0, 0.05) is 10.8 Å². The second-order valence-electron chi connectivity index (χ2n) is 15.7. The molecule has 0 saturated heterocycles. The van der Waals surface area contributed by atoms with Crippen LogP contribution in [0, 0.1) is 0 Å². The minimum Gasteiger partial charge on any atom is -0.0622 e. The van der Waals surface area contributed by atoms with E-state index in [1.54, 1.807) is 0 Å². The van der Waals surface area contributed by atoms with E-state index >= 15 is 0 Å². The summed E-state index contributed by atoms with van der Waals surface area (Å²) in [4.78, 5) is 0. The molecule has 0 nitrogen and oxygen atoms in total. The third kappa shape index (κ3) is 4.54. The van der Waals surface area contributed by atoms with Crippen molar-refractivity contribution in [1.29, 1.82) is 0 Å². The Balaban J connectivity index is 0.972. The van der Waals surface area contributed by atoms with Crippen molar-refractivity contribution < 1.29 is 0 Å². The van der Waals surface area contributed by atoms with Crippen LogP contribution in [0.15, 0.2) is 170 Å². The first-order valence-corrected chi connectivity index (χ1v) is 18.5. The van der Waals surface area contributed by atoms with Crippen molar-refractivity contribution in [1.82, 2.24) is 0 Å². The first kappa shape index (κ1) is 30.8. The maximum Gasteiger partial charge on any atom is 0.0159 e. The summed E-state index contributed by atoms with van der Waals surface area (Å²) in [6, 6.07) is 63.4. The highest BCUT2D eigenvalue weighted by Crippen LogP contribution is 2.52. The maximum atomic E-state index is 2.45. The monoisotopic (exact) mass is 664 g/mol. The molecule has 2 aliphatic rings. The van der Waals surface area contributed by atoms with Crippen molar-refractivity contribution in [2.45, 2.75) is 38.5 Å².